The first kappa shape index (κ1) is 20.1. The molecule has 0 aliphatic carbocycles. The average Bonchev–Trinajstić information content (AvgIpc) is 3.35. The number of hydrogen-bond acceptors (Lipinski definition) is 4. The Morgan fingerprint density at radius 3 is 2.30 bits per heavy atom. The molecule has 33 heavy (non-hydrogen) atoms. The van der Waals surface area contributed by atoms with Gasteiger partial charge in [0.05, 0.1) is 17.4 Å². The summed E-state index contributed by atoms with van der Waals surface area (Å²) < 4.78 is 0.902. The van der Waals surface area contributed by atoms with Gasteiger partial charge in [0.1, 0.15) is 5.92 Å². The van der Waals surface area contributed by atoms with E-state index < -0.39 is 18.1 Å². The number of carbonyl (C=O) groups excluding carboxylic acids is 2. The number of benzene rings is 4. The van der Waals surface area contributed by atoms with E-state index >= 15 is 0 Å². The first-order valence-corrected chi connectivity index (χ1v) is 11.5. The maximum atomic E-state index is 13.9. The summed E-state index contributed by atoms with van der Waals surface area (Å²) >= 11 is 3.54. The van der Waals surface area contributed by atoms with Gasteiger partial charge in [-0.05, 0) is 41.3 Å². The Balaban J connectivity index is 1.47. The summed E-state index contributed by atoms with van der Waals surface area (Å²) in [5, 5.41) is 3.55. The van der Waals surface area contributed by atoms with Gasteiger partial charge in [0.2, 0.25) is 5.91 Å². The number of nitrogens with zero attached hydrogens (tertiary/aromatic N) is 2. The Labute approximate surface area is 199 Å². The third-order valence-corrected chi connectivity index (χ3v) is 6.82. The van der Waals surface area contributed by atoms with Crippen molar-refractivity contribution < 1.29 is 14.4 Å². The van der Waals surface area contributed by atoms with Crippen LogP contribution in [0.15, 0.2) is 102 Å². The monoisotopic (exact) mass is 498 g/mol. The standard InChI is InChI=1S/C27H19BrN2O3/c28-19-11-6-10-18(16-19)24-23-25(33-30(24)20-12-2-1-3-13-20)27(32)29(26(23)31)22-15-7-9-17-8-4-5-14-21(17)22/h1-16,23-25H. The number of hydroxylamine groups is 1. The Hall–Kier alpha value is -3.48. The van der Waals surface area contributed by atoms with Crippen molar-refractivity contribution in [3.05, 3.63) is 107 Å². The van der Waals surface area contributed by atoms with Crippen LogP contribution in [0.4, 0.5) is 11.4 Å². The fraction of sp³-hybridized carbons (Fsp3) is 0.111. The molecule has 6 heteroatoms. The van der Waals surface area contributed by atoms with Crippen LogP contribution in [0.1, 0.15) is 11.6 Å². The van der Waals surface area contributed by atoms with Gasteiger partial charge in [0, 0.05) is 9.86 Å². The number of hydrogen-bond donors (Lipinski definition) is 0. The van der Waals surface area contributed by atoms with E-state index in [1.807, 2.05) is 97.1 Å². The smallest absolute Gasteiger partial charge is 0.266 e. The topological polar surface area (TPSA) is 49.9 Å². The summed E-state index contributed by atoms with van der Waals surface area (Å²) in [4.78, 5) is 35.0. The van der Waals surface area contributed by atoms with E-state index in [0.717, 1.165) is 26.5 Å². The highest BCUT2D eigenvalue weighted by Gasteiger charge is 2.60. The molecule has 2 aliphatic heterocycles. The molecular formula is C27H19BrN2O3. The Morgan fingerprint density at radius 1 is 0.758 bits per heavy atom. The third-order valence-electron chi connectivity index (χ3n) is 6.32. The summed E-state index contributed by atoms with van der Waals surface area (Å²) in [6, 6.07) is 30.4. The molecule has 5 nitrogen and oxygen atoms in total. The first-order valence-electron chi connectivity index (χ1n) is 10.8. The SMILES string of the molecule is O=C1C2ON(c3ccccc3)C(c3cccc(Br)c3)C2C(=O)N1c1cccc2ccccc12. The number of carbonyl (C=O) groups is 2. The quantitative estimate of drug-likeness (QED) is 0.342. The van der Waals surface area contributed by atoms with Crippen LogP contribution in [0, 0.1) is 5.92 Å². The fourth-order valence-corrected chi connectivity index (χ4v) is 5.30. The predicted octanol–water partition coefficient (Wildman–Crippen LogP) is 5.65. The van der Waals surface area contributed by atoms with Crippen molar-refractivity contribution >= 4 is 49.9 Å². The molecule has 2 heterocycles. The summed E-state index contributed by atoms with van der Waals surface area (Å²) in [6.07, 6.45) is -0.888. The van der Waals surface area contributed by atoms with E-state index in [-0.39, 0.29) is 11.8 Å². The maximum Gasteiger partial charge on any atom is 0.266 e. The molecule has 6 rings (SSSR count). The highest BCUT2D eigenvalue weighted by molar-refractivity contribution is 9.10. The number of halogens is 1. The minimum absolute atomic E-state index is 0.246. The zero-order valence-corrected chi connectivity index (χ0v) is 19.1. The molecule has 0 aromatic heterocycles. The van der Waals surface area contributed by atoms with Crippen LogP contribution >= 0.6 is 15.9 Å². The van der Waals surface area contributed by atoms with E-state index in [2.05, 4.69) is 15.9 Å². The summed E-state index contributed by atoms with van der Waals surface area (Å²) in [5.74, 6) is -1.24. The van der Waals surface area contributed by atoms with Crippen LogP contribution in [0.3, 0.4) is 0 Å². The molecule has 2 aliphatic rings. The van der Waals surface area contributed by atoms with Gasteiger partial charge in [0.15, 0.2) is 6.10 Å². The van der Waals surface area contributed by atoms with Gasteiger partial charge < -0.3 is 0 Å². The molecule has 3 atom stereocenters. The van der Waals surface area contributed by atoms with Crippen LogP contribution in [0.25, 0.3) is 10.8 Å². The van der Waals surface area contributed by atoms with Gasteiger partial charge in [-0.2, -0.15) is 0 Å². The van der Waals surface area contributed by atoms with Gasteiger partial charge in [-0.3, -0.25) is 14.4 Å². The molecule has 2 amide bonds. The van der Waals surface area contributed by atoms with Crippen molar-refractivity contribution in [1.29, 1.82) is 0 Å². The van der Waals surface area contributed by atoms with Gasteiger partial charge in [-0.25, -0.2) is 9.96 Å². The molecule has 3 unspecified atom stereocenters. The number of fused-ring (bicyclic) bond motifs is 2. The van der Waals surface area contributed by atoms with E-state index in [9.17, 15) is 9.59 Å². The normalized spacial score (nSPS) is 22.3. The highest BCUT2D eigenvalue weighted by atomic mass is 79.9. The molecule has 0 saturated carbocycles. The number of amides is 2. The van der Waals surface area contributed by atoms with Crippen LogP contribution < -0.4 is 9.96 Å². The van der Waals surface area contributed by atoms with E-state index in [0.29, 0.717) is 5.69 Å². The number of anilines is 2. The second-order valence-electron chi connectivity index (χ2n) is 8.22. The van der Waals surface area contributed by atoms with Gasteiger partial charge in [-0.15, -0.1) is 0 Å². The van der Waals surface area contributed by atoms with Crippen molar-refractivity contribution in [3.8, 4) is 0 Å². The summed E-state index contributed by atoms with van der Waals surface area (Å²) in [5.41, 5.74) is 2.30. The molecule has 0 radical (unpaired) electrons. The van der Waals surface area contributed by atoms with Gasteiger partial charge >= 0.3 is 0 Å². The second kappa shape index (κ2) is 7.83. The van der Waals surface area contributed by atoms with E-state index in [1.165, 1.54) is 4.90 Å². The number of para-hydroxylation sites is 1. The van der Waals surface area contributed by atoms with Crippen molar-refractivity contribution in [2.45, 2.75) is 12.1 Å². The molecule has 4 aromatic rings. The van der Waals surface area contributed by atoms with Crippen molar-refractivity contribution in [2.75, 3.05) is 9.96 Å². The van der Waals surface area contributed by atoms with E-state index in [4.69, 9.17) is 4.84 Å². The van der Waals surface area contributed by atoms with Crippen molar-refractivity contribution in [2.24, 2.45) is 5.92 Å². The minimum Gasteiger partial charge on any atom is -0.273 e. The average molecular weight is 499 g/mol. The van der Waals surface area contributed by atoms with Crippen LogP contribution in [-0.4, -0.2) is 17.9 Å². The Bertz CT molecular complexity index is 1390. The Morgan fingerprint density at radius 2 is 1.48 bits per heavy atom. The van der Waals surface area contributed by atoms with Crippen molar-refractivity contribution in [3.63, 3.8) is 0 Å². The maximum absolute atomic E-state index is 13.9. The lowest BCUT2D eigenvalue weighted by Crippen LogP contribution is -2.37. The summed E-state index contributed by atoms with van der Waals surface area (Å²) in [7, 11) is 0. The van der Waals surface area contributed by atoms with Gasteiger partial charge in [0.25, 0.3) is 5.91 Å². The molecule has 4 aromatic carbocycles. The van der Waals surface area contributed by atoms with E-state index in [1.54, 1.807) is 5.06 Å². The van der Waals surface area contributed by atoms with Gasteiger partial charge in [-0.1, -0.05) is 82.7 Å². The zero-order valence-electron chi connectivity index (χ0n) is 17.5. The predicted molar refractivity (Wildman–Crippen MR) is 131 cm³/mol. The number of rotatable bonds is 3. The first-order chi connectivity index (χ1) is 16.1. The molecule has 2 fully saturated rings. The zero-order chi connectivity index (χ0) is 22.5. The van der Waals surface area contributed by atoms with Crippen molar-refractivity contribution in [1.82, 2.24) is 0 Å². The molecule has 0 spiro atoms. The molecule has 162 valence electrons. The molecule has 0 bridgehead atoms. The summed E-state index contributed by atoms with van der Waals surface area (Å²) in [6.45, 7) is 0. The number of imide groups is 1. The van der Waals surface area contributed by atoms with Crippen LogP contribution in [0.2, 0.25) is 0 Å². The van der Waals surface area contributed by atoms with Crippen LogP contribution in [0.5, 0.6) is 0 Å². The lowest BCUT2D eigenvalue weighted by molar-refractivity contribution is -0.126. The third kappa shape index (κ3) is 3.17. The molecular weight excluding hydrogens is 480 g/mol. The highest BCUT2D eigenvalue weighted by Crippen LogP contribution is 2.48. The second-order valence-corrected chi connectivity index (χ2v) is 9.14. The molecule has 2 saturated heterocycles. The Kier molecular flexibility index (Phi) is 4.78. The lowest BCUT2D eigenvalue weighted by Gasteiger charge is -2.29. The fourth-order valence-electron chi connectivity index (χ4n) is 4.88. The minimum atomic E-state index is -0.888. The molecule has 0 N–H and O–H groups in total. The largest absolute Gasteiger partial charge is 0.273 e. The lowest BCUT2D eigenvalue weighted by atomic mass is 9.90. The van der Waals surface area contributed by atoms with Crippen LogP contribution in [-0.2, 0) is 14.4 Å².